The molecule has 0 spiro atoms. The molecule has 1 fully saturated rings. The maximum absolute atomic E-state index is 11.2. The minimum absolute atomic E-state index is 0.00975. The molecule has 20 heavy (non-hydrogen) atoms. The van der Waals surface area contributed by atoms with Crippen LogP contribution in [0.5, 0.6) is 11.8 Å². The van der Waals surface area contributed by atoms with E-state index >= 15 is 0 Å². The van der Waals surface area contributed by atoms with Crippen molar-refractivity contribution in [2.45, 2.75) is 37.8 Å². The van der Waals surface area contributed by atoms with Crippen molar-refractivity contribution in [3.63, 3.8) is 0 Å². The van der Waals surface area contributed by atoms with Crippen molar-refractivity contribution in [2.24, 2.45) is 0 Å². The fraction of sp³-hybridized carbons (Fsp3) is 0.615. The summed E-state index contributed by atoms with van der Waals surface area (Å²) in [5.74, 6) is 0.799. The lowest BCUT2D eigenvalue weighted by Gasteiger charge is -2.28. The zero-order valence-electron chi connectivity index (χ0n) is 11.3. The summed E-state index contributed by atoms with van der Waals surface area (Å²) < 4.78 is 10.8. The lowest BCUT2D eigenvalue weighted by molar-refractivity contribution is -0.119. The third-order valence-electron chi connectivity index (χ3n) is 3.25. The van der Waals surface area contributed by atoms with Gasteiger partial charge in [0.25, 0.3) is 0 Å². The van der Waals surface area contributed by atoms with Crippen LogP contribution >= 0.6 is 11.6 Å². The highest BCUT2D eigenvalue weighted by atomic mass is 35.5. The summed E-state index contributed by atoms with van der Waals surface area (Å²) in [4.78, 5) is 19.4. The number of methoxy groups -OCH3 is 1. The molecule has 1 aromatic heterocycles. The number of hydrogen-bond acceptors (Lipinski definition) is 5. The molecule has 6 nitrogen and oxygen atoms in total. The lowest BCUT2D eigenvalue weighted by Crippen LogP contribution is -2.40. The average Bonchev–Trinajstić information content (AvgIpc) is 2.49. The second-order valence-electron chi connectivity index (χ2n) is 4.69. The summed E-state index contributed by atoms with van der Waals surface area (Å²) in [6, 6.07) is 0.192. The van der Waals surface area contributed by atoms with Gasteiger partial charge in [-0.05, 0) is 25.7 Å². The third kappa shape index (κ3) is 4.23. The van der Waals surface area contributed by atoms with E-state index in [1.807, 2.05) is 0 Å². The van der Waals surface area contributed by atoms with E-state index in [1.165, 1.54) is 6.20 Å². The zero-order valence-corrected chi connectivity index (χ0v) is 12.1. The SMILES string of the molecule is COc1cncc(OC2CCC(NC(=O)CCl)CC2)n1. The van der Waals surface area contributed by atoms with Crippen molar-refractivity contribution in [2.75, 3.05) is 13.0 Å². The number of alkyl halides is 1. The Morgan fingerprint density at radius 1 is 1.35 bits per heavy atom. The topological polar surface area (TPSA) is 73.3 Å². The van der Waals surface area contributed by atoms with Gasteiger partial charge in [-0.1, -0.05) is 0 Å². The third-order valence-corrected chi connectivity index (χ3v) is 3.49. The van der Waals surface area contributed by atoms with Crippen LogP contribution in [0.3, 0.4) is 0 Å². The van der Waals surface area contributed by atoms with Gasteiger partial charge < -0.3 is 14.8 Å². The molecule has 0 bridgehead atoms. The molecular formula is C13H18ClN3O3. The Kier molecular flexibility index (Phi) is 5.40. The summed E-state index contributed by atoms with van der Waals surface area (Å²) in [7, 11) is 1.54. The molecule has 1 heterocycles. The maximum atomic E-state index is 11.2. The van der Waals surface area contributed by atoms with Crippen molar-refractivity contribution in [1.82, 2.24) is 15.3 Å². The van der Waals surface area contributed by atoms with Gasteiger partial charge >= 0.3 is 0 Å². The number of amides is 1. The van der Waals surface area contributed by atoms with Gasteiger partial charge in [0.15, 0.2) is 0 Å². The van der Waals surface area contributed by atoms with E-state index in [0.29, 0.717) is 11.8 Å². The van der Waals surface area contributed by atoms with E-state index in [4.69, 9.17) is 21.1 Å². The highest BCUT2D eigenvalue weighted by molar-refractivity contribution is 6.27. The number of nitrogens with one attached hydrogen (secondary N) is 1. The molecule has 0 unspecified atom stereocenters. The van der Waals surface area contributed by atoms with Crippen LogP contribution in [0.25, 0.3) is 0 Å². The predicted octanol–water partition coefficient (Wildman–Crippen LogP) is 1.53. The van der Waals surface area contributed by atoms with Crippen LogP contribution in [0.2, 0.25) is 0 Å². The van der Waals surface area contributed by atoms with Gasteiger partial charge in [0.1, 0.15) is 12.0 Å². The fourth-order valence-corrected chi connectivity index (χ4v) is 2.33. The molecule has 1 saturated carbocycles. The monoisotopic (exact) mass is 299 g/mol. The Hall–Kier alpha value is -1.56. The number of nitrogens with zero attached hydrogens (tertiary/aromatic N) is 2. The van der Waals surface area contributed by atoms with E-state index < -0.39 is 0 Å². The molecule has 0 aromatic carbocycles. The van der Waals surface area contributed by atoms with E-state index in [2.05, 4.69) is 15.3 Å². The van der Waals surface area contributed by atoms with Crippen molar-refractivity contribution in [3.8, 4) is 11.8 Å². The highest BCUT2D eigenvalue weighted by Gasteiger charge is 2.23. The van der Waals surface area contributed by atoms with Gasteiger partial charge in [-0.2, -0.15) is 4.98 Å². The first-order valence-electron chi connectivity index (χ1n) is 6.59. The number of ether oxygens (including phenoxy) is 2. The normalized spacial score (nSPS) is 22.1. The largest absolute Gasteiger partial charge is 0.480 e. The zero-order chi connectivity index (χ0) is 14.4. The molecule has 1 aromatic rings. The van der Waals surface area contributed by atoms with Gasteiger partial charge in [-0.15, -0.1) is 11.6 Å². The standard InChI is InChI=1S/C13H18ClN3O3/c1-19-12-7-15-8-13(17-12)20-10-4-2-9(3-5-10)16-11(18)6-14/h7-10H,2-6H2,1H3,(H,16,18). The van der Waals surface area contributed by atoms with E-state index in [1.54, 1.807) is 13.3 Å². The number of aromatic nitrogens is 2. The molecule has 1 amide bonds. The van der Waals surface area contributed by atoms with E-state index in [0.717, 1.165) is 25.7 Å². The van der Waals surface area contributed by atoms with Crippen LogP contribution in [0.1, 0.15) is 25.7 Å². The van der Waals surface area contributed by atoms with Crippen LogP contribution in [0, 0.1) is 0 Å². The second kappa shape index (κ2) is 7.28. The smallest absolute Gasteiger partial charge is 0.235 e. The van der Waals surface area contributed by atoms with Gasteiger partial charge in [-0.3, -0.25) is 9.78 Å². The summed E-state index contributed by atoms with van der Waals surface area (Å²) >= 11 is 5.47. The van der Waals surface area contributed by atoms with Crippen LogP contribution in [-0.2, 0) is 4.79 Å². The minimum atomic E-state index is -0.116. The summed E-state index contributed by atoms with van der Waals surface area (Å²) in [6.45, 7) is 0. The maximum Gasteiger partial charge on any atom is 0.235 e. The second-order valence-corrected chi connectivity index (χ2v) is 4.96. The Bertz CT molecular complexity index is 450. The van der Waals surface area contributed by atoms with Crippen LogP contribution < -0.4 is 14.8 Å². The Balaban J connectivity index is 1.80. The number of carbonyl (C=O) groups excluding carboxylic acids is 1. The first-order valence-corrected chi connectivity index (χ1v) is 7.12. The van der Waals surface area contributed by atoms with Gasteiger partial charge in [-0.25, -0.2) is 0 Å². The number of carbonyl (C=O) groups is 1. The van der Waals surface area contributed by atoms with Crippen molar-refractivity contribution in [3.05, 3.63) is 12.4 Å². The summed E-state index contributed by atoms with van der Waals surface area (Å²) in [6.07, 6.45) is 6.70. The molecule has 1 N–H and O–H groups in total. The molecule has 0 radical (unpaired) electrons. The lowest BCUT2D eigenvalue weighted by atomic mass is 9.93. The Morgan fingerprint density at radius 3 is 2.70 bits per heavy atom. The molecule has 7 heteroatoms. The fourth-order valence-electron chi connectivity index (χ4n) is 2.25. The van der Waals surface area contributed by atoms with Crippen LogP contribution in [0.15, 0.2) is 12.4 Å². The molecule has 110 valence electrons. The number of halogens is 1. The van der Waals surface area contributed by atoms with Gasteiger partial charge in [0, 0.05) is 6.04 Å². The summed E-state index contributed by atoms with van der Waals surface area (Å²) in [5.41, 5.74) is 0. The van der Waals surface area contributed by atoms with E-state index in [-0.39, 0.29) is 23.9 Å². The van der Waals surface area contributed by atoms with Gasteiger partial charge in [0.05, 0.1) is 19.5 Å². The predicted molar refractivity (Wildman–Crippen MR) is 74.1 cm³/mol. The number of hydrogen-bond donors (Lipinski definition) is 1. The van der Waals surface area contributed by atoms with E-state index in [9.17, 15) is 4.79 Å². The Labute approximate surface area is 122 Å². The van der Waals surface area contributed by atoms with Gasteiger partial charge in [0.2, 0.25) is 17.7 Å². The molecule has 1 aliphatic carbocycles. The minimum Gasteiger partial charge on any atom is -0.480 e. The highest BCUT2D eigenvalue weighted by Crippen LogP contribution is 2.23. The molecule has 2 rings (SSSR count). The van der Waals surface area contributed by atoms with Crippen molar-refractivity contribution < 1.29 is 14.3 Å². The van der Waals surface area contributed by atoms with Crippen LogP contribution in [0.4, 0.5) is 0 Å². The quantitative estimate of drug-likeness (QED) is 0.835. The first kappa shape index (κ1) is 14.8. The number of rotatable bonds is 5. The summed E-state index contributed by atoms with van der Waals surface area (Å²) in [5, 5.41) is 2.90. The van der Waals surface area contributed by atoms with Crippen molar-refractivity contribution in [1.29, 1.82) is 0 Å². The molecule has 1 aliphatic rings. The van der Waals surface area contributed by atoms with Crippen molar-refractivity contribution >= 4 is 17.5 Å². The molecule has 0 atom stereocenters. The molecule has 0 aliphatic heterocycles. The van der Waals surface area contributed by atoms with Crippen LogP contribution in [-0.4, -0.2) is 41.0 Å². The molecular weight excluding hydrogens is 282 g/mol. The first-order chi connectivity index (χ1) is 9.71. The Morgan fingerprint density at radius 2 is 2.05 bits per heavy atom. The average molecular weight is 300 g/mol. The molecule has 0 saturated heterocycles.